The van der Waals surface area contributed by atoms with Gasteiger partial charge in [0.2, 0.25) is 17.7 Å². The van der Waals surface area contributed by atoms with Gasteiger partial charge in [-0.1, -0.05) is 56.0 Å². The minimum absolute atomic E-state index is 0.0291. The topological polar surface area (TPSA) is 156 Å². The second kappa shape index (κ2) is 11.7. The second-order valence-electron chi connectivity index (χ2n) is 11.2. The van der Waals surface area contributed by atoms with Gasteiger partial charge in [-0.25, -0.2) is 0 Å². The molecule has 9 heteroatoms. The van der Waals surface area contributed by atoms with Crippen LogP contribution in [0.1, 0.15) is 69.8 Å². The minimum atomic E-state index is -1.30. The fraction of sp³-hybridized carbons (Fsp3) is 0.643. The first-order chi connectivity index (χ1) is 17.7. The molecule has 2 saturated carbocycles. The molecule has 1 aromatic rings. The third-order valence-electron chi connectivity index (χ3n) is 8.69. The van der Waals surface area contributed by atoms with Gasteiger partial charge in [-0.15, -0.1) is 0 Å². The van der Waals surface area contributed by atoms with Crippen LogP contribution in [0, 0.1) is 11.3 Å². The van der Waals surface area contributed by atoms with Gasteiger partial charge in [0.25, 0.3) is 0 Å². The highest BCUT2D eigenvalue weighted by Gasteiger charge is 2.48. The number of piperidine rings is 1. The highest BCUT2D eigenvalue weighted by molar-refractivity contribution is 6.06. The SMILES string of the molecule is NC(=O)C1(C(=O)N[C@H](Cc2ccccc2)C(=O)NC(C(=O)C2(N)CCCC2)C2CCNCC2)CCCC1. The van der Waals surface area contributed by atoms with Crippen LogP contribution < -0.4 is 27.4 Å². The van der Waals surface area contributed by atoms with Crippen LogP contribution in [0.3, 0.4) is 0 Å². The van der Waals surface area contributed by atoms with E-state index in [-0.39, 0.29) is 18.1 Å². The largest absolute Gasteiger partial charge is 0.369 e. The van der Waals surface area contributed by atoms with Crippen molar-refractivity contribution in [3.05, 3.63) is 35.9 Å². The van der Waals surface area contributed by atoms with E-state index in [1.807, 2.05) is 30.3 Å². The maximum atomic E-state index is 13.8. The molecule has 0 bridgehead atoms. The molecular formula is C28H41N5O4. The van der Waals surface area contributed by atoms with E-state index < -0.39 is 40.8 Å². The maximum absolute atomic E-state index is 13.8. The van der Waals surface area contributed by atoms with Crippen LogP contribution in [-0.4, -0.2) is 54.2 Å². The predicted molar refractivity (Wildman–Crippen MR) is 140 cm³/mol. The molecular weight excluding hydrogens is 470 g/mol. The zero-order valence-corrected chi connectivity index (χ0v) is 21.6. The van der Waals surface area contributed by atoms with Crippen LogP contribution in [-0.2, 0) is 25.6 Å². The molecule has 0 spiro atoms. The number of ketones is 1. The summed E-state index contributed by atoms with van der Waals surface area (Å²) in [7, 11) is 0. The summed E-state index contributed by atoms with van der Waals surface area (Å²) in [5.41, 5.74) is 10.9. The average Bonchev–Trinajstić information content (AvgIpc) is 3.58. The number of primary amides is 1. The van der Waals surface area contributed by atoms with Crippen molar-refractivity contribution in [2.24, 2.45) is 22.8 Å². The summed E-state index contributed by atoms with van der Waals surface area (Å²) < 4.78 is 0. The van der Waals surface area contributed by atoms with Crippen LogP contribution in [0.2, 0.25) is 0 Å². The van der Waals surface area contributed by atoms with Crippen LogP contribution in [0.4, 0.5) is 0 Å². The summed E-state index contributed by atoms with van der Waals surface area (Å²) in [4.78, 5) is 53.3. The fourth-order valence-electron chi connectivity index (χ4n) is 6.31. The number of amides is 3. The Bertz CT molecular complexity index is 980. The summed E-state index contributed by atoms with van der Waals surface area (Å²) in [6.45, 7) is 1.54. The smallest absolute Gasteiger partial charge is 0.243 e. The van der Waals surface area contributed by atoms with Gasteiger partial charge in [0, 0.05) is 6.42 Å². The van der Waals surface area contributed by atoms with Gasteiger partial charge in [-0.05, 0) is 63.1 Å². The van der Waals surface area contributed by atoms with Gasteiger partial charge in [0.05, 0.1) is 11.6 Å². The quantitative estimate of drug-likeness (QED) is 0.296. The standard InChI is InChI=1S/C28H41N5O4/c29-25(36)27(12-4-5-13-27)26(37)32-21(18-19-8-2-1-3-9-19)24(35)33-22(20-10-16-31-17-11-20)23(34)28(30)14-6-7-15-28/h1-3,8-9,20-22,31H,4-7,10-18,30H2,(H2,29,36)(H,32,37)(H,33,35)/t21-,22?/m1/s1. The molecule has 9 nitrogen and oxygen atoms in total. The van der Waals surface area contributed by atoms with Crippen LogP contribution in [0.25, 0.3) is 0 Å². The number of hydrogen-bond acceptors (Lipinski definition) is 6. The number of nitrogens with one attached hydrogen (secondary N) is 3. The predicted octanol–water partition coefficient (Wildman–Crippen LogP) is 1.08. The first-order valence-corrected chi connectivity index (χ1v) is 13.7. The van der Waals surface area contributed by atoms with Crippen molar-refractivity contribution in [2.75, 3.05) is 13.1 Å². The number of rotatable bonds is 10. The molecule has 7 N–H and O–H groups in total. The van der Waals surface area contributed by atoms with Crippen molar-refractivity contribution in [3.8, 4) is 0 Å². The minimum Gasteiger partial charge on any atom is -0.369 e. The second-order valence-corrected chi connectivity index (χ2v) is 11.2. The molecule has 0 aromatic heterocycles. The van der Waals surface area contributed by atoms with E-state index in [0.29, 0.717) is 25.7 Å². The summed E-state index contributed by atoms with van der Waals surface area (Å²) in [5, 5.41) is 9.18. The zero-order valence-electron chi connectivity index (χ0n) is 21.6. The molecule has 3 aliphatic rings. The number of Topliss-reactive ketones (excluding diaryl/α,β-unsaturated/α-hetero) is 1. The third kappa shape index (κ3) is 6.04. The molecule has 202 valence electrons. The highest BCUT2D eigenvalue weighted by Crippen LogP contribution is 2.38. The maximum Gasteiger partial charge on any atom is 0.243 e. The van der Waals surface area contributed by atoms with Gasteiger partial charge in [-0.2, -0.15) is 0 Å². The molecule has 1 unspecified atom stereocenters. The fourth-order valence-corrected chi connectivity index (χ4v) is 6.31. The highest BCUT2D eigenvalue weighted by atomic mass is 16.2. The first kappa shape index (κ1) is 27.3. The molecule has 4 rings (SSSR count). The van der Waals surface area contributed by atoms with Crippen LogP contribution in [0.5, 0.6) is 0 Å². The van der Waals surface area contributed by atoms with Crippen molar-refractivity contribution in [1.29, 1.82) is 0 Å². The number of nitrogens with two attached hydrogens (primary N) is 2. The van der Waals surface area contributed by atoms with E-state index in [4.69, 9.17) is 11.5 Å². The summed E-state index contributed by atoms with van der Waals surface area (Å²) in [5.74, 6) is -1.74. The number of carbonyl (C=O) groups is 4. The zero-order chi connectivity index (χ0) is 26.5. The molecule has 1 aromatic carbocycles. The molecule has 1 heterocycles. The van der Waals surface area contributed by atoms with E-state index in [2.05, 4.69) is 16.0 Å². The normalized spacial score (nSPS) is 22.6. The Labute approximate surface area is 218 Å². The van der Waals surface area contributed by atoms with Gasteiger partial charge in [0.1, 0.15) is 11.5 Å². The Kier molecular flexibility index (Phi) is 8.64. The molecule has 3 fully saturated rings. The van der Waals surface area contributed by atoms with Crippen molar-refractivity contribution in [2.45, 2.75) is 88.3 Å². The van der Waals surface area contributed by atoms with Gasteiger partial charge in [0.15, 0.2) is 5.78 Å². The van der Waals surface area contributed by atoms with E-state index in [1.54, 1.807) is 0 Å². The van der Waals surface area contributed by atoms with Gasteiger partial charge >= 0.3 is 0 Å². The number of benzene rings is 1. The number of carbonyl (C=O) groups excluding carboxylic acids is 4. The van der Waals surface area contributed by atoms with Gasteiger partial charge < -0.3 is 27.4 Å². The number of hydrogen-bond donors (Lipinski definition) is 5. The monoisotopic (exact) mass is 511 g/mol. The Morgan fingerprint density at radius 3 is 2.11 bits per heavy atom. The Morgan fingerprint density at radius 2 is 1.51 bits per heavy atom. The van der Waals surface area contributed by atoms with Crippen LogP contribution in [0.15, 0.2) is 30.3 Å². The molecule has 2 aliphatic carbocycles. The van der Waals surface area contributed by atoms with E-state index in [1.165, 1.54) is 0 Å². The Morgan fingerprint density at radius 1 is 0.919 bits per heavy atom. The molecule has 1 aliphatic heterocycles. The lowest BCUT2D eigenvalue weighted by atomic mass is 9.79. The molecule has 2 atom stereocenters. The summed E-state index contributed by atoms with van der Waals surface area (Å²) >= 11 is 0. The molecule has 3 amide bonds. The molecule has 37 heavy (non-hydrogen) atoms. The lowest BCUT2D eigenvalue weighted by Gasteiger charge is -2.36. The van der Waals surface area contributed by atoms with Crippen LogP contribution >= 0.6 is 0 Å². The average molecular weight is 512 g/mol. The lowest BCUT2D eigenvalue weighted by molar-refractivity contribution is -0.143. The van der Waals surface area contributed by atoms with Crippen molar-refractivity contribution < 1.29 is 19.2 Å². The van der Waals surface area contributed by atoms with Crippen molar-refractivity contribution in [1.82, 2.24) is 16.0 Å². The summed E-state index contributed by atoms with van der Waals surface area (Å²) in [6.07, 6.45) is 7.00. The van der Waals surface area contributed by atoms with Gasteiger partial charge in [-0.3, -0.25) is 19.2 Å². The molecule has 1 saturated heterocycles. The Hall–Kier alpha value is -2.78. The Balaban J connectivity index is 1.58. The lowest BCUT2D eigenvalue weighted by Crippen LogP contribution is -2.62. The van der Waals surface area contributed by atoms with E-state index in [0.717, 1.165) is 57.2 Å². The van der Waals surface area contributed by atoms with E-state index >= 15 is 0 Å². The third-order valence-corrected chi connectivity index (χ3v) is 8.69. The van der Waals surface area contributed by atoms with Crippen molar-refractivity contribution in [3.63, 3.8) is 0 Å². The van der Waals surface area contributed by atoms with E-state index in [9.17, 15) is 19.2 Å². The summed E-state index contributed by atoms with van der Waals surface area (Å²) in [6, 6.07) is 7.71. The molecule has 0 radical (unpaired) electrons. The van der Waals surface area contributed by atoms with Crippen molar-refractivity contribution >= 4 is 23.5 Å². The first-order valence-electron chi connectivity index (χ1n) is 13.7.